The first-order valence-electron chi connectivity index (χ1n) is 5.86. The Morgan fingerprint density at radius 2 is 1.95 bits per heavy atom. The summed E-state index contributed by atoms with van der Waals surface area (Å²) in [5.41, 5.74) is 6.64. The van der Waals surface area contributed by atoms with Crippen molar-refractivity contribution in [3.05, 3.63) is 15.6 Å². The fraction of sp³-hybridized carbons (Fsp3) is 0.667. The number of amides is 1. The standard InChI is InChI=1S/C12H21N3OS.2ClH/c1-6-10-14-8(3)11(17-10)9(4)15(5)12(16)7(2)13;;/h7,9H,6,13H2,1-5H3;2*1H/t7-,9?;;/m1../s1. The molecule has 0 aromatic carbocycles. The van der Waals surface area contributed by atoms with Crippen molar-refractivity contribution in [2.75, 3.05) is 7.05 Å². The minimum Gasteiger partial charge on any atom is -0.337 e. The van der Waals surface area contributed by atoms with Gasteiger partial charge in [-0.15, -0.1) is 36.2 Å². The van der Waals surface area contributed by atoms with Crippen LogP contribution in [0.3, 0.4) is 0 Å². The second-order valence-electron chi connectivity index (χ2n) is 4.32. The highest BCUT2D eigenvalue weighted by Gasteiger charge is 2.23. The van der Waals surface area contributed by atoms with Crippen LogP contribution in [0.2, 0.25) is 0 Å². The Morgan fingerprint density at radius 1 is 1.42 bits per heavy atom. The first-order valence-corrected chi connectivity index (χ1v) is 6.68. The molecule has 0 saturated carbocycles. The highest BCUT2D eigenvalue weighted by Crippen LogP contribution is 2.28. The van der Waals surface area contributed by atoms with Gasteiger partial charge in [-0.3, -0.25) is 4.79 Å². The zero-order valence-electron chi connectivity index (χ0n) is 12.0. The van der Waals surface area contributed by atoms with Crippen molar-refractivity contribution in [2.24, 2.45) is 5.73 Å². The summed E-state index contributed by atoms with van der Waals surface area (Å²) in [5.74, 6) is -0.0386. The number of hydrogen-bond acceptors (Lipinski definition) is 4. The highest BCUT2D eigenvalue weighted by molar-refractivity contribution is 7.11. The van der Waals surface area contributed by atoms with Crippen molar-refractivity contribution in [3.63, 3.8) is 0 Å². The minimum atomic E-state index is -0.457. The van der Waals surface area contributed by atoms with E-state index in [-0.39, 0.29) is 36.8 Å². The number of carbonyl (C=O) groups is 1. The molecule has 19 heavy (non-hydrogen) atoms. The van der Waals surface area contributed by atoms with Gasteiger partial charge in [0.15, 0.2) is 0 Å². The molecule has 0 saturated heterocycles. The summed E-state index contributed by atoms with van der Waals surface area (Å²) in [6.07, 6.45) is 0.934. The lowest BCUT2D eigenvalue weighted by Crippen LogP contribution is -2.40. The van der Waals surface area contributed by atoms with E-state index < -0.39 is 6.04 Å². The van der Waals surface area contributed by atoms with Gasteiger partial charge in [-0.25, -0.2) is 4.98 Å². The molecule has 0 bridgehead atoms. The number of nitrogens with zero attached hydrogens (tertiary/aromatic N) is 2. The normalized spacial score (nSPS) is 12.9. The van der Waals surface area contributed by atoms with E-state index in [1.807, 2.05) is 13.8 Å². The molecule has 1 aromatic heterocycles. The number of thiazole rings is 1. The van der Waals surface area contributed by atoms with Crippen molar-refractivity contribution < 1.29 is 4.79 Å². The smallest absolute Gasteiger partial charge is 0.239 e. The molecule has 0 aliphatic heterocycles. The largest absolute Gasteiger partial charge is 0.337 e. The quantitative estimate of drug-likeness (QED) is 0.924. The molecule has 1 rings (SSSR count). The Kier molecular flexibility index (Phi) is 9.64. The van der Waals surface area contributed by atoms with Gasteiger partial charge in [-0.2, -0.15) is 0 Å². The topological polar surface area (TPSA) is 59.2 Å². The zero-order valence-corrected chi connectivity index (χ0v) is 14.4. The summed E-state index contributed by atoms with van der Waals surface area (Å²) in [6, 6.07) is -0.423. The van der Waals surface area contributed by atoms with E-state index >= 15 is 0 Å². The summed E-state index contributed by atoms with van der Waals surface area (Å²) < 4.78 is 0. The van der Waals surface area contributed by atoms with E-state index in [1.165, 1.54) is 0 Å². The number of carbonyl (C=O) groups excluding carboxylic acids is 1. The Hall–Kier alpha value is -0.360. The fourth-order valence-corrected chi connectivity index (χ4v) is 2.80. The van der Waals surface area contributed by atoms with Gasteiger partial charge in [0, 0.05) is 11.9 Å². The monoisotopic (exact) mass is 327 g/mol. The Morgan fingerprint density at radius 3 is 2.32 bits per heavy atom. The third-order valence-corrected chi connectivity index (χ3v) is 4.35. The first kappa shape index (κ1) is 20.9. The van der Waals surface area contributed by atoms with Crippen molar-refractivity contribution in [2.45, 2.75) is 46.2 Å². The molecule has 1 unspecified atom stereocenters. The molecular weight excluding hydrogens is 305 g/mol. The summed E-state index contributed by atoms with van der Waals surface area (Å²) in [5, 5.41) is 1.12. The SMILES string of the molecule is CCc1nc(C)c(C(C)N(C)C(=O)[C@@H](C)N)s1.Cl.Cl. The van der Waals surface area contributed by atoms with Gasteiger partial charge in [0.2, 0.25) is 5.91 Å². The molecule has 112 valence electrons. The molecule has 4 nitrogen and oxygen atoms in total. The van der Waals surface area contributed by atoms with E-state index in [9.17, 15) is 4.79 Å². The van der Waals surface area contributed by atoms with E-state index in [0.717, 1.165) is 22.0 Å². The van der Waals surface area contributed by atoms with E-state index in [2.05, 4.69) is 11.9 Å². The van der Waals surface area contributed by atoms with Gasteiger partial charge in [0.05, 0.1) is 22.8 Å². The maximum atomic E-state index is 11.8. The molecular formula is C12H23Cl2N3OS. The number of rotatable bonds is 4. The van der Waals surface area contributed by atoms with Crippen LogP contribution in [0.4, 0.5) is 0 Å². The second-order valence-corrected chi connectivity index (χ2v) is 5.44. The second kappa shape index (κ2) is 8.74. The fourth-order valence-electron chi connectivity index (χ4n) is 1.69. The van der Waals surface area contributed by atoms with E-state index in [1.54, 1.807) is 30.2 Å². The zero-order chi connectivity index (χ0) is 13.2. The first-order chi connectivity index (χ1) is 7.88. The number of nitrogens with two attached hydrogens (primary N) is 1. The molecule has 2 atom stereocenters. The van der Waals surface area contributed by atoms with Crippen molar-refractivity contribution >= 4 is 42.1 Å². The Bertz CT molecular complexity index is 410. The van der Waals surface area contributed by atoms with Crippen LogP contribution < -0.4 is 5.73 Å². The maximum Gasteiger partial charge on any atom is 0.239 e. The molecule has 1 amide bonds. The van der Waals surface area contributed by atoms with Crippen LogP contribution in [-0.2, 0) is 11.2 Å². The van der Waals surface area contributed by atoms with Crippen molar-refractivity contribution in [3.8, 4) is 0 Å². The van der Waals surface area contributed by atoms with Crippen LogP contribution in [0, 0.1) is 6.92 Å². The number of aryl methyl sites for hydroxylation is 2. The molecule has 0 spiro atoms. The third-order valence-electron chi connectivity index (χ3n) is 2.88. The van der Waals surface area contributed by atoms with Gasteiger partial charge >= 0.3 is 0 Å². The highest BCUT2D eigenvalue weighted by atomic mass is 35.5. The molecule has 1 heterocycles. The average molecular weight is 328 g/mol. The molecule has 0 aliphatic carbocycles. The lowest BCUT2D eigenvalue weighted by molar-refractivity contribution is -0.132. The van der Waals surface area contributed by atoms with Gasteiger partial charge in [0.25, 0.3) is 0 Å². The summed E-state index contributed by atoms with van der Waals surface area (Å²) in [7, 11) is 1.79. The van der Waals surface area contributed by atoms with Gasteiger partial charge in [-0.05, 0) is 27.2 Å². The molecule has 0 fully saturated rings. The maximum absolute atomic E-state index is 11.8. The predicted molar refractivity (Wildman–Crippen MR) is 85.6 cm³/mol. The van der Waals surface area contributed by atoms with E-state index in [0.29, 0.717) is 0 Å². The van der Waals surface area contributed by atoms with Gasteiger partial charge < -0.3 is 10.6 Å². The average Bonchev–Trinajstić information content (AvgIpc) is 2.67. The molecule has 7 heteroatoms. The molecule has 0 aliphatic rings. The number of hydrogen-bond donors (Lipinski definition) is 1. The lowest BCUT2D eigenvalue weighted by atomic mass is 10.2. The van der Waals surface area contributed by atoms with E-state index in [4.69, 9.17) is 5.73 Å². The lowest BCUT2D eigenvalue weighted by Gasteiger charge is -2.26. The summed E-state index contributed by atoms with van der Waals surface area (Å²) >= 11 is 1.68. The Balaban J connectivity index is 0. The summed E-state index contributed by atoms with van der Waals surface area (Å²) in [6.45, 7) is 7.80. The van der Waals surface area contributed by atoms with Crippen LogP contribution in [0.1, 0.15) is 42.4 Å². The summed E-state index contributed by atoms with van der Waals surface area (Å²) in [4.78, 5) is 19.2. The van der Waals surface area contributed by atoms with Crippen molar-refractivity contribution in [1.29, 1.82) is 0 Å². The molecule has 0 radical (unpaired) electrons. The van der Waals surface area contributed by atoms with Crippen LogP contribution in [0.25, 0.3) is 0 Å². The number of aromatic nitrogens is 1. The van der Waals surface area contributed by atoms with Crippen LogP contribution in [0.15, 0.2) is 0 Å². The Labute approximate surface area is 131 Å². The van der Waals surface area contributed by atoms with Gasteiger partial charge in [0.1, 0.15) is 0 Å². The van der Waals surface area contributed by atoms with Gasteiger partial charge in [-0.1, -0.05) is 6.92 Å². The van der Waals surface area contributed by atoms with Crippen LogP contribution >= 0.6 is 36.2 Å². The van der Waals surface area contributed by atoms with Crippen molar-refractivity contribution in [1.82, 2.24) is 9.88 Å². The predicted octanol–water partition coefficient (Wildman–Crippen LogP) is 2.72. The van der Waals surface area contributed by atoms with Crippen LogP contribution in [-0.4, -0.2) is 28.9 Å². The third kappa shape index (κ3) is 4.91. The minimum absolute atomic E-state index is 0. The molecule has 2 N–H and O–H groups in total. The number of halogens is 2. The molecule has 1 aromatic rings. The number of likely N-dealkylation sites (N-methyl/N-ethyl adjacent to an activating group) is 1. The van der Waals surface area contributed by atoms with Crippen LogP contribution in [0.5, 0.6) is 0 Å².